The van der Waals surface area contributed by atoms with Crippen molar-refractivity contribution in [3.63, 3.8) is 0 Å². The smallest absolute Gasteiger partial charge is 0.408 e. The van der Waals surface area contributed by atoms with Gasteiger partial charge in [-0.2, -0.15) is 4.72 Å². The van der Waals surface area contributed by atoms with Gasteiger partial charge >= 0.3 is 6.09 Å². The van der Waals surface area contributed by atoms with E-state index in [9.17, 15) is 23.7 Å². The number of alkyl carbamates (subject to hydrolysis) is 1. The molecule has 2 saturated carbocycles. The molecular weight excluding hydrogens is 709 g/mol. The lowest BCUT2D eigenvalue weighted by Crippen LogP contribution is -2.58. The van der Waals surface area contributed by atoms with E-state index in [2.05, 4.69) is 20.3 Å². The molecule has 12 nitrogen and oxygen atoms in total. The average Bonchev–Trinajstić information content (AvgIpc) is 3.97. The number of para-hydroxylation sites is 1. The van der Waals surface area contributed by atoms with Gasteiger partial charge in [-0.3, -0.25) is 14.4 Å². The maximum atomic E-state index is 16.6. The van der Waals surface area contributed by atoms with Gasteiger partial charge in [0.15, 0.2) is 5.75 Å². The number of aryl methyl sites for hydroxylation is 1. The van der Waals surface area contributed by atoms with Crippen LogP contribution < -0.4 is 20.1 Å². The SMILES string of the molecule is Cc1nc2ccccc2c2c1O[C@@]1(C[C@H]3C(=O)N[C@]4(C(=O)N[S+]([O-])C5(C)CC5)C[C@H]4/C=C\CCCCC[C@H](NC(=O)OC(C)C)C(=O)N3C1)CC2(F)F. The number of alkyl halides is 2. The summed E-state index contributed by atoms with van der Waals surface area (Å²) in [4.78, 5) is 61.5. The molecule has 286 valence electrons. The predicted molar refractivity (Wildman–Crippen MR) is 192 cm³/mol. The molecule has 53 heavy (non-hydrogen) atoms. The van der Waals surface area contributed by atoms with Gasteiger partial charge < -0.3 is 29.6 Å². The first-order valence-corrected chi connectivity index (χ1v) is 19.7. The van der Waals surface area contributed by atoms with Crippen LogP contribution in [-0.4, -0.2) is 78.9 Å². The Morgan fingerprint density at radius 3 is 2.64 bits per heavy atom. The minimum atomic E-state index is -3.42. The van der Waals surface area contributed by atoms with Gasteiger partial charge in [-0.25, -0.2) is 18.6 Å². The topological polar surface area (TPSA) is 162 Å². The Kier molecular flexibility index (Phi) is 9.65. The van der Waals surface area contributed by atoms with Crippen LogP contribution in [0.5, 0.6) is 5.75 Å². The van der Waals surface area contributed by atoms with Gasteiger partial charge in [0, 0.05) is 30.6 Å². The molecule has 0 bridgehead atoms. The standard InChI is InChI=1S/C38H47F2N5O7S/c1-22(2)51-34(49)42-27-15-9-7-5-6-8-12-24-18-37(24,33(48)44-53(50)35(4)16-17-35)43-31(46)28-19-36(21-45(28)32(27)47)20-38(39,40)29-25-13-10-11-14-26(25)41-23(3)30(29)52-36/h8,10-14,22,24,27-28H,5-7,9,15-21H2,1-4H3,(H,42,49)(H,43,46)(H,44,48)/b12-8-/t24-,27+,28+,36+,37-,53?/m1/s1. The third kappa shape index (κ3) is 7.18. The molecule has 3 fully saturated rings. The fourth-order valence-electron chi connectivity index (χ4n) is 8.01. The van der Waals surface area contributed by atoms with E-state index >= 15 is 8.78 Å². The molecule has 1 aromatic heterocycles. The normalized spacial score (nSPS) is 31.5. The maximum Gasteiger partial charge on any atom is 0.408 e. The van der Waals surface area contributed by atoms with Crippen molar-refractivity contribution in [1.82, 2.24) is 25.2 Å². The Morgan fingerprint density at radius 1 is 1.15 bits per heavy atom. The van der Waals surface area contributed by atoms with E-state index in [1.807, 2.05) is 19.1 Å². The molecule has 2 aromatic rings. The van der Waals surface area contributed by atoms with Crippen molar-refractivity contribution in [3.05, 3.63) is 47.7 Å². The monoisotopic (exact) mass is 755 g/mol. The van der Waals surface area contributed by atoms with Crippen molar-refractivity contribution >= 4 is 46.1 Å². The van der Waals surface area contributed by atoms with Gasteiger partial charge in [-0.1, -0.05) is 43.2 Å². The molecule has 15 heteroatoms. The molecule has 1 unspecified atom stereocenters. The molecule has 3 N–H and O–H groups in total. The molecule has 2 aliphatic carbocycles. The molecule has 5 aliphatic rings. The van der Waals surface area contributed by atoms with E-state index in [-0.39, 0.29) is 48.2 Å². The number of ether oxygens (including phenoxy) is 2. The van der Waals surface area contributed by atoms with Crippen LogP contribution >= 0.6 is 0 Å². The summed E-state index contributed by atoms with van der Waals surface area (Å²) < 4.78 is 60.1. The van der Waals surface area contributed by atoms with E-state index in [4.69, 9.17) is 9.47 Å². The maximum absolute atomic E-state index is 16.6. The van der Waals surface area contributed by atoms with E-state index in [1.54, 1.807) is 45.0 Å². The summed E-state index contributed by atoms with van der Waals surface area (Å²) in [5, 5.41) is 5.80. The molecule has 6 atom stereocenters. The van der Waals surface area contributed by atoms with Crippen molar-refractivity contribution in [2.45, 2.75) is 132 Å². The third-order valence-electron chi connectivity index (χ3n) is 11.2. The van der Waals surface area contributed by atoms with Crippen molar-refractivity contribution in [2.24, 2.45) is 5.92 Å². The Labute approximate surface area is 310 Å². The number of allylic oxidation sites excluding steroid dienone is 1. The van der Waals surface area contributed by atoms with Gasteiger partial charge in [-0.05, 0) is 59.4 Å². The highest BCUT2D eigenvalue weighted by Gasteiger charge is 2.65. The predicted octanol–water partition coefficient (Wildman–Crippen LogP) is 4.99. The molecular formula is C38H47F2N5O7S. The number of carbonyl (C=O) groups is 4. The number of halogens is 2. The first-order valence-electron chi connectivity index (χ1n) is 18.5. The average molecular weight is 756 g/mol. The molecule has 1 aromatic carbocycles. The van der Waals surface area contributed by atoms with Crippen LogP contribution in [0, 0.1) is 12.8 Å². The second kappa shape index (κ2) is 13.7. The molecule has 1 spiro atoms. The number of amides is 4. The lowest BCUT2D eigenvalue weighted by Gasteiger charge is -2.40. The fraction of sp³-hybridized carbons (Fsp3) is 0.605. The molecule has 3 aliphatic heterocycles. The summed E-state index contributed by atoms with van der Waals surface area (Å²) in [5.41, 5.74) is -2.80. The Hall–Kier alpha value is -3.98. The zero-order chi connectivity index (χ0) is 37.9. The van der Waals surface area contributed by atoms with Crippen LogP contribution in [0.3, 0.4) is 0 Å². The van der Waals surface area contributed by atoms with Crippen molar-refractivity contribution in [1.29, 1.82) is 0 Å². The van der Waals surface area contributed by atoms with E-state index < -0.39 is 87.5 Å². The van der Waals surface area contributed by atoms with Crippen LogP contribution in [0.2, 0.25) is 0 Å². The van der Waals surface area contributed by atoms with E-state index in [0.717, 1.165) is 12.8 Å². The zero-order valence-corrected chi connectivity index (χ0v) is 31.3. The van der Waals surface area contributed by atoms with Crippen molar-refractivity contribution < 1.29 is 42.0 Å². The van der Waals surface area contributed by atoms with Gasteiger partial charge in [0.1, 0.15) is 28.0 Å². The second-order valence-corrected chi connectivity index (χ2v) is 17.6. The van der Waals surface area contributed by atoms with Crippen LogP contribution in [0.25, 0.3) is 10.9 Å². The Balaban J connectivity index is 1.25. The van der Waals surface area contributed by atoms with Gasteiger partial charge in [0.2, 0.25) is 11.8 Å². The van der Waals surface area contributed by atoms with Crippen LogP contribution in [0.1, 0.15) is 96.2 Å². The van der Waals surface area contributed by atoms with Crippen molar-refractivity contribution in [3.8, 4) is 5.75 Å². The molecule has 0 radical (unpaired) electrons. The van der Waals surface area contributed by atoms with Crippen molar-refractivity contribution in [2.75, 3.05) is 6.54 Å². The number of hydrogen-bond acceptors (Lipinski definition) is 8. The summed E-state index contributed by atoms with van der Waals surface area (Å²) >= 11 is -1.68. The minimum Gasteiger partial charge on any atom is -0.593 e. The van der Waals surface area contributed by atoms with Gasteiger partial charge in [0.25, 0.3) is 11.8 Å². The number of carbonyl (C=O) groups excluding carboxylic acids is 4. The quantitative estimate of drug-likeness (QED) is 0.284. The summed E-state index contributed by atoms with van der Waals surface area (Å²) in [7, 11) is 0. The third-order valence-corrected chi connectivity index (χ3v) is 12.9. The minimum absolute atomic E-state index is 0.0926. The molecule has 4 amide bonds. The second-order valence-electron chi connectivity index (χ2n) is 15.9. The molecule has 4 heterocycles. The summed E-state index contributed by atoms with van der Waals surface area (Å²) in [6.45, 7) is 6.37. The fourth-order valence-corrected chi connectivity index (χ4v) is 9.08. The summed E-state index contributed by atoms with van der Waals surface area (Å²) in [5.74, 6) is -5.88. The van der Waals surface area contributed by atoms with Gasteiger partial charge in [-0.15, -0.1) is 0 Å². The zero-order valence-electron chi connectivity index (χ0n) is 30.5. The van der Waals surface area contributed by atoms with Crippen LogP contribution in [-0.2, 0) is 36.4 Å². The highest BCUT2D eigenvalue weighted by atomic mass is 32.2. The largest absolute Gasteiger partial charge is 0.593 e. The lowest BCUT2D eigenvalue weighted by molar-refractivity contribution is -0.141. The van der Waals surface area contributed by atoms with Crippen LogP contribution in [0.4, 0.5) is 13.6 Å². The number of rotatable bonds is 5. The number of fused-ring (bicyclic) bond motifs is 5. The Bertz CT molecular complexity index is 1860. The Morgan fingerprint density at radius 2 is 1.91 bits per heavy atom. The number of benzene rings is 1. The van der Waals surface area contributed by atoms with E-state index in [1.165, 1.54) is 4.90 Å². The van der Waals surface area contributed by atoms with Crippen LogP contribution in [0.15, 0.2) is 36.4 Å². The molecule has 7 rings (SSSR count). The molecule has 1 saturated heterocycles. The van der Waals surface area contributed by atoms with Gasteiger partial charge in [0.05, 0.1) is 47.2 Å². The number of hydrogen-bond donors (Lipinski definition) is 3. The lowest BCUT2D eigenvalue weighted by atomic mass is 9.84. The van der Waals surface area contributed by atoms with E-state index in [0.29, 0.717) is 31.2 Å². The highest BCUT2D eigenvalue weighted by Crippen LogP contribution is 2.54. The highest BCUT2D eigenvalue weighted by molar-refractivity contribution is 7.91. The number of nitrogens with zero attached hydrogens (tertiary/aromatic N) is 2. The number of aromatic nitrogens is 1. The number of nitrogens with one attached hydrogen (secondary N) is 3. The first-order chi connectivity index (χ1) is 25.1. The first kappa shape index (κ1) is 37.3. The summed E-state index contributed by atoms with van der Waals surface area (Å²) in [6, 6.07) is 4.13. The summed E-state index contributed by atoms with van der Waals surface area (Å²) in [6.07, 6.45) is 6.03. The number of pyridine rings is 1.